The van der Waals surface area contributed by atoms with Gasteiger partial charge in [-0.1, -0.05) is 20.3 Å². The summed E-state index contributed by atoms with van der Waals surface area (Å²) in [4.78, 5) is 11.4. The molecule has 0 aliphatic heterocycles. The highest BCUT2D eigenvalue weighted by molar-refractivity contribution is 5.75. The van der Waals surface area contributed by atoms with Crippen LogP contribution in [0.1, 0.15) is 46.0 Å². The summed E-state index contributed by atoms with van der Waals surface area (Å²) in [6, 6.07) is 0. The van der Waals surface area contributed by atoms with Crippen LogP contribution < -0.4 is 11.1 Å². The number of unbranched alkanes of at least 4 members (excludes halogenated alkanes) is 1. The third kappa shape index (κ3) is 11.6. The lowest BCUT2D eigenvalue weighted by atomic mass is 10.1. The van der Waals surface area contributed by atoms with Crippen molar-refractivity contribution < 1.29 is 9.53 Å². The van der Waals surface area contributed by atoms with Gasteiger partial charge in [-0.15, -0.1) is 0 Å². The van der Waals surface area contributed by atoms with Crippen molar-refractivity contribution in [2.24, 2.45) is 11.7 Å². The lowest BCUT2D eigenvalue weighted by Crippen LogP contribution is -2.26. The average molecular weight is 244 g/mol. The minimum atomic E-state index is 0.124. The summed E-state index contributed by atoms with van der Waals surface area (Å²) >= 11 is 0. The summed E-state index contributed by atoms with van der Waals surface area (Å²) in [5.41, 5.74) is 5.49. The summed E-state index contributed by atoms with van der Waals surface area (Å²) in [5.74, 6) is 0.553. The molecule has 0 spiro atoms. The topological polar surface area (TPSA) is 64.3 Å². The molecule has 0 bridgehead atoms. The van der Waals surface area contributed by atoms with Crippen LogP contribution >= 0.6 is 0 Å². The molecule has 0 rings (SSSR count). The van der Waals surface area contributed by atoms with Crippen molar-refractivity contribution in [3.63, 3.8) is 0 Å². The highest BCUT2D eigenvalue weighted by Gasteiger charge is 2.04. The van der Waals surface area contributed by atoms with Gasteiger partial charge in [0.15, 0.2) is 0 Å². The van der Waals surface area contributed by atoms with E-state index >= 15 is 0 Å². The third-order valence-corrected chi connectivity index (χ3v) is 2.70. The van der Waals surface area contributed by atoms with Crippen LogP contribution in [-0.4, -0.2) is 32.2 Å². The first-order chi connectivity index (χ1) is 8.20. The molecule has 3 N–H and O–H groups in total. The van der Waals surface area contributed by atoms with Crippen LogP contribution in [0.15, 0.2) is 0 Å². The fourth-order valence-corrected chi connectivity index (χ4v) is 1.33. The van der Waals surface area contributed by atoms with Crippen LogP contribution in [0.3, 0.4) is 0 Å². The van der Waals surface area contributed by atoms with Gasteiger partial charge in [-0.05, 0) is 31.7 Å². The van der Waals surface area contributed by atoms with Gasteiger partial charge in [-0.2, -0.15) is 0 Å². The van der Waals surface area contributed by atoms with Gasteiger partial charge in [0.1, 0.15) is 0 Å². The molecule has 0 saturated carbocycles. The lowest BCUT2D eigenvalue weighted by Gasteiger charge is -2.08. The van der Waals surface area contributed by atoms with Crippen LogP contribution in [0.5, 0.6) is 0 Å². The number of ether oxygens (including phenoxy) is 1. The van der Waals surface area contributed by atoms with E-state index < -0.39 is 0 Å². The van der Waals surface area contributed by atoms with Gasteiger partial charge in [0.25, 0.3) is 0 Å². The summed E-state index contributed by atoms with van der Waals surface area (Å²) in [6.45, 7) is 7.14. The number of carbonyl (C=O) groups is 1. The molecular weight excluding hydrogens is 216 g/mol. The molecule has 0 aromatic heterocycles. The van der Waals surface area contributed by atoms with Crippen LogP contribution in [-0.2, 0) is 9.53 Å². The highest BCUT2D eigenvalue weighted by Crippen LogP contribution is 2.02. The third-order valence-electron chi connectivity index (χ3n) is 2.70. The van der Waals surface area contributed by atoms with E-state index in [1.807, 2.05) is 0 Å². The molecular formula is C13H28N2O2. The Balaban J connectivity index is 3.22. The zero-order chi connectivity index (χ0) is 12.9. The molecule has 1 amide bonds. The van der Waals surface area contributed by atoms with Crippen LogP contribution in [0.2, 0.25) is 0 Å². The van der Waals surface area contributed by atoms with E-state index in [0.29, 0.717) is 25.4 Å². The molecule has 0 aromatic rings. The van der Waals surface area contributed by atoms with Gasteiger partial charge < -0.3 is 15.8 Å². The van der Waals surface area contributed by atoms with E-state index in [1.54, 1.807) is 0 Å². The zero-order valence-electron chi connectivity index (χ0n) is 11.3. The van der Waals surface area contributed by atoms with Gasteiger partial charge in [0, 0.05) is 26.2 Å². The quantitative estimate of drug-likeness (QED) is 0.544. The van der Waals surface area contributed by atoms with Crippen molar-refractivity contribution in [1.29, 1.82) is 0 Å². The number of carbonyl (C=O) groups excluding carboxylic acids is 1. The largest absolute Gasteiger partial charge is 0.381 e. The standard InChI is InChI=1S/C13H28N2O2/c1-3-4-9-17-10-5-8-15-13(16)7-6-12(2)11-14/h12H,3-11,14H2,1-2H3,(H,15,16). The van der Waals surface area contributed by atoms with E-state index in [2.05, 4.69) is 19.2 Å². The maximum absolute atomic E-state index is 11.4. The van der Waals surface area contributed by atoms with E-state index in [1.165, 1.54) is 0 Å². The van der Waals surface area contributed by atoms with Crippen molar-refractivity contribution >= 4 is 5.91 Å². The predicted octanol–water partition coefficient (Wildman–Crippen LogP) is 1.68. The number of hydrogen-bond acceptors (Lipinski definition) is 3. The van der Waals surface area contributed by atoms with E-state index in [4.69, 9.17) is 10.5 Å². The molecule has 0 aliphatic rings. The fraction of sp³-hybridized carbons (Fsp3) is 0.923. The van der Waals surface area contributed by atoms with Crippen LogP contribution in [0.4, 0.5) is 0 Å². The summed E-state index contributed by atoms with van der Waals surface area (Å²) in [5, 5.41) is 2.89. The predicted molar refractivity (Wildman–Crippen MR) is 70.8 cm³/mol. The molecule has 0 fully saturated rings. The molecule has 0 aliphatic carbocycles. The maximum Gasteiger partial charge on any atom is 0.220 e. The van der Waals surface area contributed by atoms with Gasteiger partial charge in [0.2, 0.25) is 5.91 Å². The smallest absolute Gasteiger partial charge is 0.220 e. The van der Waals surface area contributed by atoms with Crippen LogP contribution in [0.25, 0.3) is 0 Å². The highest BCUT2D eigenvalue weighted by atomic mass is 16.5. The zero-order valence-corrected chi connectivity index (χ0v) is 11.3. The van der Waals surface area contributed by atoms with E-state index in [-0.39, 0.29) is 5.91 Å². The Kier molecular flexibility index (Phi) is 11.4. The minimum Gasteiger partial charge on any atom is -0.381 e. The fourth-order valence-electron chi connectivity index (χ4n) is 1.33. The van der Waals surface area contributed by atoms with Crippen molar-refractivity contribution in [2.75, 3.05) is 26.3 Å². The van der Waals surface area contributed by atoms with Crippen molar-refractivity contribution in [2.45, 2.75) is 46.0 Å². The number of hydrogen-bond donors (Lipinski definition) is 2. The Morgan fingerprint density at radius 2 is 2.06 bits per heavy atom. The molecule has 0 aromatic carbocycles. The van der Waals surface area contributed by atoms with Crippen molar-refractivity contribution in [3.05, 3.63) is 0 Å². The Hall–Kier alpha value is -0.610. The van der Waals surface area contributed by atoms with Crippen molar-refractivity contribution in [3.8, 4) is 0 Å². The number of amides is 1. The van der Waals surface area contributed by atoms with Gasteiger partial charge in [0.05, 0.1) is 0 Å². The summed E-state index contributed by atoms with van der Waals surface area (Å²) in [7, 11) is 0. The van der Waals surface area contributed by atoms with Gasteiger partial charge in [-0.25, -0.2) is 0 Å². The first-order valence-electron chi connectivity index (χ1n) is 6.75. The number of nitrogens with two attached hydrogens (primary N) is 1. The summed E-state index contributed by atoms with van der Waals surface area (Å²) < 4.78 is 5.40. The second-order valence-corrected chi connectivity index (χ2v) is 4.55. The SMILES string of the molecule is CCCCOCCCNC(=O)CCC(C)CN. The molecule has 4 heteroatoms. The Morgan fingerprint density at radius 3 is 2.71 bits per heavy atom. The second-order valence-electron chi connectivity index (χ2n) is 4.55. The number of nitrogens with one attached hydrogen (secondary N) is 1. The van der Waals surface area contributed by atoms with Gasteiger partial charge in [-0.3, -0.25) is 4.79 Å². The molecule has 0 radical (unpaired) electrons. The Morgan fingerprint density at radius 1 is 1.35 bits per heavy atom. The minimum absolute atomic E-state index is 0.124. The van der Waals surface area contributed by atoms with E-state index in [0.717, 1.165) is 38.9 Å². The lowest BCUT2D eigenvalue weighted by molar-refractivity contribution is -0.121. The monoisotopic (exact) mass is 244 g/mol. The molecule has 1 unspecified atom stereocenters. The Labute approximate surface area is 105 Å². The number of rotatable bonds is 11. The molecule has 17 heavy (non-hydrogen) atoms. The van der Waals surface area contributed by atoms with E-state index in [9.17, 15) is 4.79 Å². The molecule has 0 heterocycles. The first kappa shape index (κ1) is 16.4. The molecule has 4 nitrogen and oxygen atoms in total. The second kappa shape index (κ2) is 11.9. The normalized spacial score (nSPS) is 12.4. The Bertz CT molecular complexity index is 186. The molecule has 102 valence electrons. The van der Waals surface area contributed by atoms with Crippen molar-refractivity contribution in [1.82, 2.24) is 5.32 Å². The molecule has 0 saturated heterocycles. The van der Waals surface area contributed by atoms with Crippen LogP contribution in [0, 0.1) is 5.92 Å². The molecule has 1 atom stereocenters. The van der Waals surface area contributed by atoms with Gasteiger partial charge >= 0.3 is 0 Å². The maximum atomic E-state index is 11.4. The average Bonchev–Trinajstić information content (AvgIpc) is 2.34. The first-order valence-corrected chi connectivity index (χ1v) is 6.75. The summed E-state index contributed by atoms with van der Waals surface area (Å²) in [6.07, 6.45) is 4.62.